The van der Waals surface area contributed by atoms with E-state index in [-0.39, 0.29) is 21.1 Å². The van der Waals surface area contributed by atoms with Gasteiger partial charge in [-0.15, -0.1) is 41.7 Å². The number of rotatable bonds is 5. The Kier molecular flexibility index (Phi) is 6.62. The van der Waals surface area contributed by atoms with Crippen molar-refractivity contribution >= 4 is 46.4 Å². The molecule has 0 radical (unpaired) electrons. The minimum absolute atomic E-state index is 0. The molecule has 6 rings (SSSR count). The Morgan fingerprint density at radius 2 is 1.23 bits per heavy atom. The summed E-state index contributed by atoms with van der Waals surface area (Å²) in [5, 5.41) is 0. The van der Waals surface area contributed by atoms with Gasteiger partial charge in [0.15, 0.2) is 0 Å². The van der Waals surface area contributed by atoms with Crippen LogP contribution in [0.4, 0.5) is 34.6 Å². The standard InChI is InChI=1S/C25H20N8S.Pt/c1-30-16-32(24-22(30)26-9-11-28-24)19-6-3-5-18(13-19)15-34-21-8-4-7-20(14-21)33-17-31(2)23-25(33)29-12-10-27-23;/h3-12,16-17H,15H2,1-2H3;/q-4;+4. The van der Waals surface area contributed by atoms with Crippen LogP contribution in [-0.4, -0.2) is 34.0 Å². The molecule has 0 amide bonds. The van der Waals surface area contributed by atoms with E-state index in [0.717, 1.165) is 50.9 Å². The molecular weight excluding hydrogens is 639 g/mol. The minimum atomic E-state index is 0. The third-order valence-electron chi connectivity index (χ3n) is 5.52. The first-order valence-corrected chi connectivity index (χ1v) is 11.7. The molecule has 0 unspecified atom stereocenters. The second kappa shape index (κ2) is 9.83. The molecule has 4 heterocycles. The first kappa shape index (κ1) is 23.6. The maximum Gasteiger partial charge on any atom is 4.00 e. The number of benzene rings is 2. The van der Waals surface area contributed by atoms with E-state index in [4.69, 9.17) is 0 Å². The zero-order valence-electron chi connectivity index (χ0n) is 18.9. The van der Waals surface area contributed by atoms with Crippen molar-refractivity contribution in [3.63, 3.8) is 0 Å². The van der Waals surface area contributed by atoms with Crippen LogP contribution in [0.3, 0.4) is 0 Å². The molecule has 176 valence electrons. The fraction of sp³-hybridized carbons (Fsp3) is 0.120. The van der Waals surface area contributed by atoms with Gasteiger partial charge in [0.1, 0.15) is 23.3 Å². The molecule has 35 heavy (non-hydrogen) atoms. The second-order valence-corrected chi connectivity index (χ2v) is 8.87. The van der Waals surface area contributed by atoms with Crippen molar-refractivity contribution in [3.05, 3.63) is 92.2 Å². The van der Waals surface area contributed by atoms with Crippen molar-refractivity contribution in [3.8, 4) is 0 Å². The fourth-order valence-electron chi connectivity index (χ4n) is 3.95. The summed E-state index contributed by atoms with van der Waals surface area (Å²) in [6.45, 7) is 3.96. The minimum Gasteiger partial charge on any atom is -0.487 e. The van der Waals surface area contributed by atoms with E-state index in [1.807, 2.05) is 65.2 Å². The van der Waals surface area contributed by atoms with Crippen LogP contribution in [0.5, 0.6) is 0 Å². The predicted octanol–water partition coefficient (Wildman–Crippen LogP) is 4.57. The summed E-state index contributed by atoms with van der Waals surface area (Å²) in [6, 6.07) is 19.4. The predicted molar refractivity (Wildman–Crippen MR) is 134 cm³/mol. The largest absolute Gasteiger partial charge is 4.00 e. The van der Waals surface area contributed by atoms with Crippen molar-refractivity contribution in [2.75, 3.05) is 33.7 Å². The smallest absolute Gasteiger partial charge is 0.487 e. The number of aromatic nitrogens is 4. The molecule has 0 atom stereocenters. The normalized spacial score (nSPS) is 14.1. The van der Waals surface area contributed by atoms with Crippen molar-refractivity contribution < 1.29 is 21.1 Å². The molecule has 2 aromatic carbocycles. The van der Waals surface area contributed by atoms with Crippen LogP contribution in [0.25, 0.3) is 0 Å². The Bertz CT molecular complexity index is 1250. The van der Waals surface area contributed by atoms with Crippen LogP contribution in [0.15, 0.2) is 66.1 Å². The van der Waals surface area contributed by atoms with Crippen LogP contribution >= 0.6 is 11.8 Å². The topological polar surface area (TPSA) is 64.5 Å². The van der Waals surface area contributed by atoms with E-state index in [1.165, 1.54) is 0 Å². The molecule has 0 aliphatic carbocycles. The molecule has 0 spiro atoms. The number of fused-ring (bicyclic) bond motifs is 2. The zero-order valence-corrected chi connectivity index (χ0v) is 22.0. The zero-order chi connectivity index (χ0) is 23.1. The Hall–Kier alpha value is -3.16. The summed E-state index contributed by atoms with van der Waals surface area (Å²) < 4.78 is 0. The van der Waals surface area contributed by atoms with Gasteiger partial charge in [0, 0.05) is 24.8 Å². The molecule has 10 heteroatoms. The van der Waals surface area contributed by atoms with E-state index in [1.54, 1.807) is 36.5 Å². The summed E-state index contributed by atoms with van der Waals surface area (Å²) in [4.78, 5) is 26.9. The summed E-state index contributed by atoms with van der Waals surface area (Å²) in [6.07, 6.45) is 6.83. The molecule has 0 bridgehead atoms. The number of hydrogen-bond donors (Lipinski definition) is 0. The van der Waals surface area contributed by atoms with Gasteiger partial charge in [0.2, 0.25) is 0 Å². The molecule has 2 aromatic heterocycles. The Balaban J connectivity index is 0.00000253. The Morgan fingerprint density at radius 3 is 1.83 bits per heavy atom. The molecule has 2 aliphatic heterocycles. The quantitative estimate of drug-likeness (QED) is 0.227. The van der Waals surface area contributed by atoms with Crippen LogP contribution in [-0.2, 0) is 26.8 Å². The maximum absolute atomic E-state index is 4.50. The maximum atomic E-state index is 4.50. The number of hydrogen-bond acceptors (Lipinski definition) is 9. The van der Waals surface area contributed by atoms with Crippen LogP contribution in [0, 0.1) is 25.5 Å². The van der Waals surface area contributed by atoms with E-state index < -0.39 is 0 Å². The third-order valence-corrected chi connectivity index (χ3v) is 6.52. The second-order valence-electron chi connectivity index (χ2n) is 7.85. The molecule has 0 saturated carbocycles. The van der Waals surface area contributed by atoms with Gasteiger partial charge in [-0.3, -0.25) is 0 Å². The molecule has 8 nitrogen and oxygen atoms in total. The van der Waals surface area contributed by atoms with Crippen molar-refractivity contribution in [2.45, 2.75) is 10.6 Å². The molecule has 2 aliphatic rings. The first-order chi connectivity index (χ1) is 16.7. The van der Waals surface area contributed by atoms with Crippen LogP contribution in [0.1, 0.15) is 5.56 Å². The summed E-state index contributed by atoms with van der Waals surface area (Å²) in [5.74, 6) is 4.04. The van der Waals surface area contributed by atoms with Crippen LogP contribution in [0.2, 0.25) is 0 Å². The molecule has 0 N–H and O–H groups in total. The van der Waals surface area contributed by atoms with E-state index in [0.29, 0.717) is 0 Å². The Labute approximate surface area is 223 Å². The molecule has 4 aromatic rings. The van der Waals surface area contributed by atoms with Crippen LogP contribution < -0.4 is 19.6 Å². The number of anilines is 6. The Morgan fingerprint density at radius 1 is 0.714 bits per heavy atom. The van der Waals surface area contributed by atoms with Gasteiger partial charge < -0.3 is 19.6 Å². The van der Waals surface area contributed by atoms with Crippen molar-refractivity contribution in [1.29, 1.82) is 0 Å². The first-order valence-electron chi connectivity index (χ1n) is 10.7. The SMILES string of the molecule is CN1[CH-]N(c2[c-]c(CSc3[c-]c(N4[CH-]N(C)c5nccnc54)ccc3)ccc2)c2nccnc21.[Pt+4]. The average Bonchev–Trinajstić information content (AvgIpc) is 3.40. The van der Waals surface area contributed by atoms with Gasteiger partial charge >= 0.3 is 21.1 Å². The fourth-order valence-corrected chi connectivity index (χ4v) is 4.78. The summed E-state index contributed by atoms with van der Waals surface area (Å²) >= 11 is 1.72. The van der Waals surface area contributed by atoms with E-state index in [9.17, 15) is 0 Å². The van der Waals surface area contributed by atoms with Gasteiger partial charge in [0.05, 0.1) is 0 Å². The third kappa shape index (κ3) is 4.46. The van der Waals surface area contributed by atoms with Crippen molar-refractivity contribution in [1.82, 2.24) is 19.9 Å². The van der Waals surface area contributed by atoms with Crippen molar-refractivity contribution in [2.24, 2.45) is 0 Å². The van der Waals surface area contributed by atoms with Gasteiger partial charge in [-0.2, -0.15) is 53.7 Å². The monoisotopic (exact) mass is 659 g/mol. The van der Waals surface area contributed by atoms with Gasteiger partial charge in [-0.25, -0.2) is 19.9 Å². The molecular formula is C25H20N8PtS. The summed E-state index contributed by atoms with van der Waals surface area (Å²) in [5.41, 5.74) is 2.96. The van der Waals surface area contributed by atoms with E-state index >= 15 is 0 Å². The van der Waals surface area contributed by atoms with Gasteiger partial charge in [0.25, 0.3) is 0 Å². The van der Waals surface area contributed by atoms with Gasteiger partial charge in [-0.05, 0) is 19.8 Å². The number of thioether (sulfide) groups is 1. The number of nitrogens with zero attached hydrogens (tertiary/aromatic N) is 8. The molecule has 0 fully saturated rings. The summed E-state index contributed by atoms with van der Waals surface area (Å²) in [7, 11) is 3.93. The van der Waals surface area contributed by atoms with E-state index in [2.05, 4.69) is 50.3 Å². The van der Waals surface area contributed by atoms with Gasteiger partial charge in [-0.1, -0.05) is 0 Å². The molecule has 0 saturated heterocycles. The average molecular weight is 660 g/mol.